The van der Waals surface area contributed by atoms with Crippen LogP contribution in [-0.2, 0) is 6.54 Å². The van der Waals surface area contributed by atoms with Gasteiger partial charge in [-0.15, -0.1) is 6.58 Å². The molecule has 0 saturated carbocycles. The van der Waals surface area contributed by atoms with E-state index < -0.39 is 0 Å². The van der Waals surface area contributed by atoms with Crippen LogP contribution in [-0.4, -0.2) is 17.2 Å². The molecule has 0 aliphatic heterocycles. The smallest absolute Gasteiger partial charge is 0.0535 e. The van der Waals surface area contributed by atoms with Crippen LogP contribution in [0.2, 0.25) is 0 Å². The molecule has 0 saturated heterocycles. The first-order valence-corrected chi connectivity index (χ1v) is 4.57. The van der Waals surface area contributed by atoms with Gasteiger partial charge in [0.15, 0.2) is 0 Å². The van der Waals surface area contributed by atoms with Gasteiger partial charge in [0.05, 0.1) is 6.20 Å². The minimum Gasteiger partial charge on any atom is -0.316 e. The topological polar surface area (TPSA) is 40.7 Å². The first-order chi connectivity index (χ1) is 6.29. The van der Waals surface area contributed by atoms with Crippen molar-refractivity contribution >= 4 is 0 Å². The fraction of sp³-hybridized carbons (Fsp3) is 0.500. The average Bonchev–Trinajstić information content (AvgIpc) is 2.54. The van der Waals surface area contributed by atoms with Gasteiger partial charge >= 0.3 is 0 Å². The Labute approximate surface area is 79.2 Å². The maximum Gasteiger partial charge on any atom is 0.0535 e. The second-order valence-corrected chi connectivity index (χ2v) is 3.26. The van der Waals surface area contributed by atoms with E-state index in [0.717, 1.165) is 13.0 Å². The van der Waals surface area contributed by atoms with Crippen molar-refractivity contribution in [2.45, 2.75) is 25.8 Å². The minimum atomic E-state index is 0.475. The summed E-state index contributed by atoms with van der Waals surface area (Å²) < 4.78 is 0. The summed E-state index contributed by atoms with van der Waals surface area (Å²) in [6.07, 6.45) is 4.80. The van der Waals surface area contributed by atoms with Crippen molar-refractivity contribution in [1.29, 1.82) is 0 Å². The Hall–Kier alpha value is -1.09. The van der Waals surface area contributed by atoms with Gasteiger partial charge in [-0.1, -0.05) is 13.0 Å². The third-order valence-electron chi connectivity index (χ3n) is 2.13. The summed E-state index contributed by atoms with van der Waals surface area (Å²) >= 11 is 0. The first kappa shape index (κ1) is 9.99. The summed E-state index contributed by atoms with van der Waals surface area (Å²) in [5.41, 5.74) is 2.46. The van der Waals surface area contributed by atoms with Crippen molar-refractivity contribution in [2.24, 2.45) is 0 Å². The van der Waals surface area contributed by atoms with E-state index in [1.807, 2.05) is 19.3 Å². The Morgan fingerprint density at radius 2 is 2.54 bits per heavy atom. The molecule has 0 amide bonds. The highest BCUT2D eigenvalue weighted by Gasteiger charge is 2.10. The van der Waals surface area contributed by atoms with Crippen LogP contribution in [0.5, 0.6) is 0 Å². The lowest BCUT2D eigenvalue weighted by Gasteiger charge is -2.08. The lowest BCUT2D eigenvalue weighted by molar-refractivity contribution is 0.717. The fourth-order valence-corrected chi connectivity index (χ4v) is 1.45. The standard InChI is InChI=1S/C10H17N3/c1-4-5-8(2)10-9(6-11-3)7-12-13-10/h4,7-8,11H,1,5-6H2,2-3H3,(H,12,13). The van der Waals surface area contributed by atoms with Crippen molar-refractivity contribution in [1.82, 2.24) is 15.5 Å². The van der Waals surface area contributed by atoms with Crippen LogP contribution in [0.15, 0.2) is 18.9 Å². The normalized spacial score (nSPS) is 12.8. The molecule has 1 aromatic heterocycles. The summed E-state index contributed by atoms with van der Waals surface area (Å²) in [6, 6.07) is 0. The molecule has 0 bridgehead atoms. The number of aromatic amines is 1. The molecule has 3 heteroatoms. The summed E-state index contributed by atoms with van der Waals surface area (Å²) in [5, 5.41) is 10.2. The largest absolute Gasteiger partial charge is 0.316 e. The number of allylic oxidation sites excluding steroid dienone is 1. The highest BCUT2D eigenvalue weighted by molar-refractivity contribution is 5.20. The molecule has 0 aliphatic carbocycles. The molecule has 2 N–H and O–H groups in total. The van der Waals surface area contributed by atoms with E-state index in [1.165, 1.54) is 11.3 Å². The van der Waals surface area contributed by atoms with Gasteiger partial charge in [-0.25, -0.2) is 0 Å². The Morgan fingerprint density at radius 3 is 3.15 bits per heavy atom. The molecule has 13 heavy (non-hydrogen) atoms. The predicted octanol–water partition coefficient (Wildman–Crippen LogP) is 1.81. The Balaban J connectivity index is 2.73. The zero-order chi connectivity index (χ0) is 9.68. The summed E-state index contributed by atoms with van der Waals surface area (Å²) in [4.78, 5) is 0. The third kappa shape index (κ3) is 2.42. The van der Waals surface area contributed by atoms with Gasteiger partial charge in [0, 0.05) is 23.7 Å². The molecule has 0 radical (unpaired) electrons. The second-order valence-electron chi connectivity index (χ2n) is 3.26. The molecule has 0 aromatic carbocycles. The molecule has 3 nitrogen and oxygen atoms in total. The minimum absolute atomic E-state index is 0.475. The van der Waals surface area contributed by atoms with Gasteiger partial charge in [0.2, 0.25) is 0 Å². The zero-order valence-electron chi connectivity index (χ0n) is 8.30. The van der Waals surface area contributed by atoms with Crippen LogP contribution in [0.4, 0.5) is 0 Å². The number of H-pyrrole nitrogens is 1. The lowest BCUT2D eigenvalue weighted by Crippen LogP contribution is -2.07. The molecule has 1 aromatic rings. The highest BCUT2D eigenvalue weighted by atomic mass is 15.1. The predicted molar refractivity (Wildman–Crippen MR) is 54.6 cm³/mol. The molecular formula is C10H17N3. The average molecular weight is 179 g/mol. The zero-order valence-corrected chi connectivity index (χ0v) is 8.30. The van der Waals surface area contributed by atoms with Crippen LogP contribution in [0, 0.1) is 0 Å². The highest BCUT2D eigenvalue weighted by Crippen LogP contribution is 2.20. The second kappa shape index (κ2) is 4.82. The SMILES string of the molecule is C=CCC(C)c1[nH]ncc1CNC. The van der Waals surface area contributed by atoms with Crippen LogP contribution in [0.25, 0.3) is 0 Å². The monoisotopic (exact) mass is 179 g/mol. The number of hydrogen-bond acceptors (Lipinski definition) is 2. The molecule has 1 unspecified atom stereocenters. The van der Waals surface area contributed by atoms with E-state index in [1.54, 1.807) is 0 Å². The molecule has 1 atom stereocenters. The van der Waals surface area contributed by atoms with Crippen molar-refractivity contribution in [3.05, 3.63) is 30.1 Å². The van der Waals surface area contributed by atoms with Gasteiger partial charge in [-0.3, -0.25) is 5.10 Å². The van der Waals surface area contributed by atoms with Crippen molar-refractivity contribution in [3.8, 4) is 0 Å². The number of aromatic nitrogens is 2. The van der Waals surface area contributed by atoms with Crippen LogP contribution in [0.3, 0.4) is 0 Å². The quantitative estimate of drug-likeness (QED) is 0.677. The maximum absolute atomic E-state index is 4.04. The maximum atomic E-state index is 4.04. The molecule has 72 valence electrons. The number of nitrogens with zero attached hydrogens (tertiary/aromatic N) is 1. The van der Waals surface area contributed by atoms with Crippen molar-refractivity contribution < 1.29 is 0 Å². The number of hydrogen-bond donors (Lipinski definition) is 2. The van der Waals surface area contributed by atoms with E-state index >= 15 is 0 Å². The van der Waals surface area contributed by atoms with Gasteiger partial charge < -0.3 is 5.32 Å². The van der Waals surface area contributed by atoms with Gasteiger partial charge in [0.25, 0.3) is 0 Å². The van der Waals surface area contributed by atoms with Gasteiger partial charge in [-0.05, 0) is 13.5 Å². The van der Waals surface area contributed by atoms with Crippen LogP contribution in [0.1, 0.15) is 30.5 Å². The number of nitrogens with one attached hydrogen (secondary N) is 2. The summed E-state index contributed by atoms with van der Waals surface area (Å²) in [6.45, 7) is 6.78. The van der Waals surface area contributed by atoms with Crippen molar-refractivity contribution in [3.63, 3.8) is 0 Å². The van der Waals surface area contributed by atoms with Crippen LogP contribution >= 0.6 is 0 Å². The van der Waals surface area contributed by atoms with E-state index in [9.17, 15) is 0 Å². The molecule has 0 aliphatic rings. The molecule has 1 heterocycles. The third-order valence-corrected chi connectivity index (χ3v) is 2.13. The molecular weight excluding hydrogens is 162 g/mol. The fourth-order valence-electron chi connectivity index (χ4n) is 1.45. The lowest BCUT2D eigenvalue weighted by atomic mass is 10.0. The van der Waals surface area contributed by atoms with E-state index in [4.69, 9.17) is 0 Å². The number of rotatable bonds is 5. The summed E-state index contributed by atoms with van der Waals surface area (Å²) in [5.74, 6) is 0.475. The Morgan fingerprint density at radius 1 is 1.77 bits per heavy atom. The molecule has 0 spiro atoms. The van der Waals surface area contributed by atoms with Crippen LogP contribution < -0.4 is 5.32 Å². The molecule has 0 fully saturated rings. The van der Waals surface area contributed by atoms with E-state index in [-0.39, 0.29) is 0 Å². The van der Waals surface area contributed by atoms with Gasteiger partial charge in [-0.2, -0.15) is 5.10 Å². The Bertz CT molecular complexity index is 265. The van der Waals surface area contributed by atoms with Gasteiger partial charge in [0.1, 0.15) is 0 Å². The van der Waals surface area contributed by atoms with Crippen molar-refractivity contribution in [2.75, 3.05) is 7.05 Å². The molecule has 1 rings (SSSR count). The van der Waals surface area contributed by atoms with E-state index in [0.29, 0.717) is 5.92 Å². The van der Waals surface area contributed by atoms with E-state index in [2.05, 4.69) is 29.0 Å². The first-order valence-electron chi connectivity index (χ1n) is 4.57. The Kier molecular flexibility index (Phi) is 3.71. The summed E-state index contributed by atoms with van der Waals surface area (Å²) in [7, 11) is 1.94.